The van der Waals surface area contributed by atoms with E-state index in [4.69, 9.17) is 9.47 Å². The van der Waals surface area contributed by atoms with Gasteiger partial charge in [-0.2, -0.15) is 0 Å². The van der Waals surface area contributed by atoms with Crippen LogP contribution in [0.2, 0.25) is 0 Å². The fourth-order valence-corrected chi connectivity index (χ4v) is 5.23. The average molecular weight is 481 g/mol. The summed E-state index contributed by atoms with van der Waals surface area (Å²) in [5.74, 6) is 1.05. The van der Waals surface area contributed by atoms with Gasteiger partial charge < -0.3 is 24.6 Å². The number of hydrogen-bond donors (Lipinski definition) is 1. The van der Waals surface area contributed by atoms with Gasteiger partial charge in [0.2, 0.25) is 5.91 Å². The predicted molar refractivity (Wildman–Crippen MR) is 133 cm³/mol. The van der Waals surface area contributed by atoms with E-state index >= 15 is 0 Å². The Bertz CT molecular complexity index is 992. The van der Waals surface area contributed by atoms with Crippen LogP contribution in [0.5, 0.6) is 5.75 Å². The van der Waals surface area contributed by atoms with E-state index in [0.29, 0.717) is 19.1 Å². The van der Waals surface area contributed by atoms with Crippen LogP contribution in [0, 0.1) is 5.41 Å². The molecular weight excluding hydrogens is 444 g/mol. The minimum absolute atomic E-state index is 0.178. The number of aromatic nitrogens is 1. The molecule has 0 saturated carbocycles. The number of ether oxygens (including phenoxy) is 2. The van der Waals surface area contributed by atoms with Crippen molar-refractivity contribution in [3.8, 4) is 5.75 Å². The Balaban J connectivity index is 1.32. The molecule has 2 aliphatic heterocycles. The molecule has 2 aromatic rings. The van der Waals surface area contributed by atoms with E-state index in [0.717, 1.165) is 68.7 Å². The Hall–Kier alpha value is -3.13. The summed E-state index contributed by atoms with van der Waals surface area (Å²) in [6.45, 7) is 6.18. The lowest BCUT2D eigenvalue weighted by molar-refractivity contribution is -0.138. The van der Waals surface area contributed by atoms with Crippen LogP contribution in [0.4, 0.5) is 4.79 Å². The van der Waals surface area contributed by atoms with E-state index in [1.54, 1.807) is 20.2 Å². The molecule has 0 radical (unpaired) electrons. The van der Waals surface area contributed by atoms with Gasteiger partial charge in [-0.15, -0.1) is 0 Å². The fraction of sp³-hybridized carbons (Fsp3) is 0.519. The number of alkyl carbamates (subject to hydrolysis) is 1. The quantitative estimate of drug-likeness (QED) is 0.588. The molecular formula is C27H36N4O4. The van der Waals surface area contributed by atoms with Crippen LogP contribution in [-0.2, 0) is 16.1 Å². The van der Waals surface area contributed by atoms with Gasteiger partial charge in [-0.1, -0.05) is 18.2 Å². The van der Waals surface area contributed by atoms with Crippen LogP contribution in [0.1, 0.15) is 49.8 Å². The molecule has 35 heavy (non-hydrogen) atoms. The fourth-order valence-electron chi connectivity index (χ4n) is 5.23. The number of carbonyl (C=O) groups excluding carboxylic acids is 2. The molecule has 3 heterocycles. The van der Waals surface area contributed by atoms with Gasteiger partial charge in [0.25, 0.3) is 0 Å². The molecule has 8 nitrogen and oxygen atoms in total. The molecule has 1 atom stereocenters. The van der Waals surface area contributed by atoms with E-state index in [9.17, 15) is 9.59 Å². The van der Waals surface area contributed by atoms with E-state index in [1.165, 1.54) is 0 Å². The van der Waals surface area contributed by atoms with Crippen LogP contribution in [0.3, 0.4) is 0 Å². The lowest BCUT2D eigenvalue weighted by Gasteiger charge is -2.38. The van der Waals surface area contributed by atoms with E-state index in [-0.39, 0.29) is 11.5 Å². The summed E-state index contributed by atoms with van der Waals surface area (Å²) in [5, 5.41) is 3.00. The van der Waals surface area contributed by atoms with Crippen molar-refractivity contribution in [3.63, 3.8) is 0 Å². The largest absolute Gasteiger partial charge is 0.497 e. The highest BCUT2D eigenvalue weighted by Gasteiger charge is 2.47. The maximum atomic E-state index is 13.3. The van der Waals surface area contributed by atoms with Gasteiger partial charge in [-0.05, 0) is 75.0 Å². The monoisotopic (exact) mass is 480 g/mol. The Labute approximate surface area is 207 Å². The number of benzene rings is 1. The van der Waals surface area contributed by atoms with Gasteiger partial charge in [0.1, 0.15) is 5.75 Å². The zero-order chi connectivity index (χ0) is 24.7. The average Bonchev–Trinajstić information content (AvgIpc) is 3.18. The van der Waals surface area contributed by atoms with E-state index < -0.39 is 6.09 Å². The number of nitrogens with one attached hydrogen (secondary N) is 1. The Morgan fingerprint density at radius 2 is 1.97 bits per heavy atom. The van der Waals surface area contributed by atoms with Gasteiger partial charge >= 0.3 is 6.09 Å². The molecule has 1 aromatic carbocycles. The number of carbonyl (C=O) groups is 2. The maximum absolute atomic E-state index is 13.3. The summed E-state index contributed by atoms with van der Waals surface area (Å²) in [5.41, 5.74) is 1.84. The molecule has 1 N–H and O–H groups in total. The predicted octanol–water partition coefficient (Wildman–Crippen LogP) is 3.78. The summed E-state index contributed by atoms with van der Waals surface area (Å²) in [4.78, 5) is 34.1. The highest BCUT2D eigenvalue weighted by Crippen LogP contribution is 2.42. The molecule has 4 rings (SSSR count). The van der Waals surface area contributed by atoms with Gasteiger partial charge in [-0.25, -0.2) is 4.79 Å². The number of hydrogen-bond acceptors (Lipinski definition) is 6. The van der Waals surface area contributed by atoms with Crippen molar-refractivity contribution in [1.82, 2.24) is 20.1 Å². The Kier molecular flexibility index (Phi) is 8.23. The number of pyridine rings is 1. The molecule has 1 unspecified atom stereocenters. The molecule has 0 bridgehead atoms. The Morgan fingerprint density at radius 3 is 2.69 bits per heavy atom. The third-order valence-corrected chi connectivity index (χ3v) is 7.31. The molecule has 2 aliphatic rings. The SMILES string of the molecule is CCOC(=O)NC(CCN1CCC2(CC1)CCN(Cc1cccnc1)C2=O)c1cccc(OC)c1. The van der Waals surface area contributed by atoms with Crippen molar-refractivity contribution < 1.29 is 19.1 Å². The standard InChI is InChI=1S/C27H36N4O4/c1-3-35-26(33)29-24(22-7-4-8-23(18-22)34-2)9-14-30-15-10-27(11-16-30)12-17-31(25(27)32)20-21-6-5-13-28-19-21/h4-8,13,18-19,24H,3,9-12,14-17,20H2,1-2H3,(H,29,33). The molecule has 0 aliphatic carbocycles. The highest BCUT2D eigenvalue weighted by atomic mass is 16.5. The van der Waals surface area contributed by atoms with Crippen LogP contribution >= 0.6 is 0 Å². The van der Waals surface area contributed by atoms with Crippen LogP contribution in [-0.4, -0.2) is 66.7 Å². The molecule has 1 aromatic heterocycles. The Morgan fingerprint density at radius 1 is 1.17 bits per heavy atom. The topological polar surface area (TPSA) is 84.0 Å². The maximum Gasteiger partial charge on any atom is 0.407 e. The molecule has 188 valence electrons. The summed E-state index contributed by atoms with van der Waals surface area (Å²) in [7, 11) is 1.64. The number of likely N-dealkylation sites (tertiary alicyclic amines) is 2. The molecule has 2 amide bonds. The minimum Gasteiger partial charge on any atom is -0.497 e. The van der Waals surface area contributed by atoms with Crippen molar-refractivity contribution in [2.45, 2.75) is 45.2 Å². The van der Waals surface area contributed by atoms with Crippen molar-refractivity contribution in [2.24, 2.45) is 5.41 Å². The van der Waals surface area contributed by atoms with Gasteiger partial charge in [0.15, 0.2) is 0 Å². The second-order valence-corrected chi connectivity index (χ2v) is 9.44. The normalized spacial score (nSPS) is 18.5. The number of piperidine rings is 1. The highest BCUT2D eigenvalue weighted by molar-refractivity contribution is 5.85. The third-order valence-electron chi connectivity index (χ3n) is 7.31. The van der Waals surface area contributed by atoms with Gasteiger partial charge in [-0.3, -0.25) is 9.78 Å². The first kappa shape index (κ1) is 25.0. The minimum atomic E-state index is -0.414. The van der Waals surface area contributed by atoms with Crippen LogP contribution in [0.25, 0.3) is 0 Å². The van der Waals surface area contributed by atoms with Gasteiger partial charge in [0.05, 0.1) is 25.2 Å². The summed E-state index contributed by atoms with van der Waals surface area (Å²) >= 11 is 0. The smallest absolute Gasteiger partial charge is 0.407 e. The van der Waals surface area contributed by atoms with Crippen molar-refractivity contribution >= 4 is 12.0 Å². The molecule has 2 saturated heterocycles. The lowest BCUT2D eigenvalue weighted by Crippen LogP contribution is -2.45. The van der Waals surface area contributed by atoms with Crippen LogP contribution in [0.15, 0.2) is 48.8 Å². The summed E-state index contributed by atoms with van der Waals surface area (Å²) in [6.07, 6.45) is 6.62. The number of amides is 2. The zero-order valence-corrected chi connectivity index (χ0v) is 20.7. The third kappa shape index (κ3) is 6.11. The summed E-state index contributed by atoms with van der Waals surface area (Å²) < 4.78 is 10.5. The second-order valence-electron chi connectivity index (χ2n) is 9.44. The van der Waals surface area contributed by atoms with Crippen LogP contribution < -0.4 is 10.1 Å². The molecule has 2 fully saturated rings. The first-order chi connectivity index (χ1) is 17.0. The number of methoxy groups -OCH3 is 1. The number of rotatable bonds is 9. The first-order valence-corrected chi connectivity index (χ1v) is 12.5. The summed E-state index contributed by atoms with van der Waals surface area (Å²) in [6, 6.07) is 11.5. The van der Waals surface area contributed by atoms with Crippen molar-refractivity contribution in [2.75, 3.05) is 39.9 Å². The van der Waals surface area contributed by atoms with Crippen molar-refractivity contribution in [1.29, 1.82) is 0 Å². The number of nitrogens with zero attached hydrogens (tertiary/aromatic N) is 3. The molecule has 1 spiro atoms. The van der Waals surface area contributed by atoms with E-state index in [1.807, 2.05) is 47.5 Å². The second kappa shape index (κ2) is 11.5. The van der Waals surface area contributed by atoms with E-state index in [2.05, 4.69) is 15.2 Å². The first-order valence-electron chi connectivity index (χ1n) is 12.5. The zero-order valence-electron chi connectivity index (χ0n) is 20.7. The van der Waals surface area contributed by atoms with Gasteiger partial charge in [0, 0.05) is 32.0 Å². The lowest BCUT2D eigenvalue weighted by atomic mass is 9.77. The molecule has 8 heteroatoms. The van der Waals surface area contributed by atoms with Crippen molar-refractivity contribution in [3.05, 3.63) is 59.9 Å².